The Morgan fingerprint density at radius 2 is 2.12 bits per heavy atom. The summed E-state index contributed by atoms with van der Waals surface area (Å²) in [6.45, 7) is 0. The van der Waals surface area contributed by atoms with Crippen LogP contribution in [-0.2, 0) is 0 Å². The van der Waals surface area contributed by atoms with Crippen LogP contribution in [-0.4, -0.2) is 23.3 Å². The van der Waals surface area contributed by atoms with Gasteiger partial charge in [0.1, 0.15) is 0 Å². The molecule has 0 bridgehead atoms. The molecule has 0 fully saturated rings. The molecule has 17 heavy (non-hydrogen) atoms. The van der Waals surface area contributed by atoms with E-state index in [9.17, 15) is 4.79 Å². The van der Waals surface area contributed by atoms with Gasteiger partial charge in [0, 0.05) is 0 Å². The molecule has 0 aliphatic heterocycles. The second kappa shape index (κ2) is 4.15. The van der Waals surface area contributed by atoms with Crippen molar-refractivity contribution in [1.82, 2.24) is 8.55 Å². The van der Waals surface area contributed by atoms with Gasteiger partial charge in [-0.1, -0.05) is 0 Å². The van der Waals surface area contributed by atoms with Gasteiger partial charge in [0.15, 0.2) is 0 Å². The first-order valence-electron chi connectivity index (χ1n) is 4.98. The number of aromatic nitrogens is 2. The molecule has 0 atom stereocenters. The zero-order valence-corrected chi connectivity index (χ0v) is 11.1. The van der Waals surface area contributed by atoms with E-state index in [4.69, 9.17) is 11.6 Å². The van der Waals surface area contributed by atoms with Gasteiger partial charge in [-0.15, -0.1) is 0 Å². The summed E-state index contributed by atoms with van der Waals surface area (Å²) in [6, 6.07) is 9.29. The Bertz CT molecular complexity index is 733. The Balaban J connectivity index is 2.37. The third-order valence-corrected chi connectivity index (χ3v) is 5.06. The first-order chi connectivity index (χ1) is 8.27. The molecule has 0 spiro atoms. The van der Waals surface area contributed by atoms with Crippen LogP contribution >= 0.6 is 11.6 Å². The summed E-state index contributed by atoms with van der Waals surface area (Å²) in [4.78, 5) is 16.3. The van der Waals surface area contributed by atoms with Gasteiger partial charge in [-0.2, -0.15) is 0 Å². The summed E-state index contributed by atoms with van der Waals surface area (Å²) in [7, 11) is 0. The number of hydrogen-bond donors (Lipinski definition) is 0. The van der Waals surface area contributed by atoms with Gasteiger partial charge in [0.05, 0.1) is 0 Å². The Morgan fingerprint density at radius 3 is 2.82 bits per heavy atom. The summed E-state index contributed by atoms with van der Waals surface area (Å²) < 4.78 is 2.77. The van der Waals surface area contributed by atoms with Crippen molar-refractivity contribution in [3.8, 4) is 5.69 Å². The Morgan fingerprint density at radius 1 is 1.24 bits per heavy atom. The van der Waals surface area contributed by atoms with E-state index in [2.05, 4.69) is 4.98 Å². The van der Waals surface area contributed by atoms with E-state index in [0.717, 1.165) is 9.95 Å². The number of hydrogen-bond acceptors (Lipinski definition) is 2. The van der Waals surface area contributed by atoms with Crippen molar-refractivity contribution in [3.05, 3.63) is 58.1 Å². The van der Waals surface area contributed by atoms with E-state index in [1.807, 2.05) is 24.3 Å². The van der Waals surface area contributed by atoms with Crippen molar-refractivity contribution in [2.24, 2.45) is 0 Å². The molecular formula is C12H7ClN2OSe. The van der Waals surface area contributed by atoms with Gasteiger partial charge in [0.2, 0.25) is 0 Å². The molecule has 0 radical (unpaired) electrons. The molecular weight excluding hydrogens is 303 g/mol. The monoisotopic (exact) mass is 310 g/mol. The van der Waals surface area contributed by atoms with Crippen LogP contribution in [0.5, 0.6) is 0 Å². The zero-order valence-electron chi connectivity index (χ0n) is 8.63. The maximum atomic E-state index is 12.2. The number of rotatable bonds is 1. The van der Waals surface area contributed by atoms with Crippen LogP contribution in [0.2, 0.25) is 5.02 Å². The van der Waals surface area contributed by atoms with Crippen LogP contribution < -0.4 is 5.56 Å². The number of pyridine rings is 1. The number of fused-ring (bicyclic) bond motifs is 1. The van der Waals surface area contributed by atoms with Gasteiger partial charge in [0.25, 0.3) is 0 Å². The summed E-state index contributed by atoms with van der Waals surface area (Å²) in [6.07, 6.45) is 3.39. The second-order valence-corrected chi connectivity index (χ2v) is 5.99. The van der Waals surface area contributed by atoms with Crippen LogP contribution in [0.4, 0.5) is 0 Å². The van der Waals surface area contributed by atoms with Crippen molar-refractivity contribution in [2.45, 2.75) is 0 Å². The zero-order chi connectivity index (χ0) is 11.8. The number of halogens is 1. The molecule has 0 aliphatic carbocycles. The van der Waals surface area contributed by atoms with E-state index < -0.39 is 0 Å². The molecule has 3 rings (SSSR count). The topological polar surface area (TPSA) is 34.9 Å². The fraction of sp³-hybridized carbons (Fsp3) is 0. The third kappa shape index (κ3) is 1.75. The van der Waals surface area contributed by atoms with E-state index >= 15 is 0 Å². The van der Waals surface area contributed by atoms with Gasteiger partial charge in [-0.3, -0.25) is 0 Å². The molecule has 3 nitrogen and oxygen atoms in total. The first-order valence-corrected chi connectivity index (χ1v) is 6.98. The van der Waals surface area contributed by atoms with Gasteiger partial charge >= 0.3 is 108 Å². The van der Waals surface area contributed by atoms with Crippen molar-refractivity contribution in [3.63, 3.8) is 0 Å². The third-order valence-electron chi connectivity index (χ3n) is 2.44. The minimum absolute atomic E-state index is 0.0291. The van der Waals surface area contributed by atoms with E-state index in [-0.39, 0.29) is 20.3 Å². The first kappa shape index (κ1) is 10.8. The molecule has 3 aromatic rings. The van der Waals surface area contributed by atoms with Crippen LogP contribution in [0.15, 0.2) is 47.5 Å². The Hall–Kier alpha value is -1.35. The Kier molecular flexibility index (Phi) is 2.63. The van der Waals surface area contributed by atoms with Gasteiger partial charge < -0.3 is 0 Å². The van der Waals surface area contributed by atoms with Crippen molar-refractivity contribution in [1.29, 1.82) is 0 Å². The molecule has 2 aromatic heterocycles. The average molecular weight is 310 g/mol. The molecule has 0 amide bonds. The Labute approximate surface area is 108 Å². The van der Waals surface area contributed by atoms with Crippen molar-refractivity contribution < 1.29 is 0 Å². The molecule has 0 saturated heterocycles. The molecule has 5 heteroatoms. The molecule has 2 heterocycles. The quantitative estimate of drug-likeness (QED) is 0.645. The minimum atomic E-state index is -0.0552. The molecule has 0 saturated carbocycles. The fourth-order valence-corrected chi connectivity index (χ4v) is 4.18. The molecule has 0 unspecified atom stereocenters. The van der Waals surface area contributed by atoms with E-state index in [1.165, 1.54) is 0 Å². The fourth-order valence-electron chi connectivity index (χ4n) is 1.67. The van der Waals surface area contributed by atoms with Crippen LogP contribution in [0, 0.1) is 0 Å². The molecule has 1 aromatic carbocycles. The molecule has 84 valence electrons. The molecule has 0 aliphatic rings. The van der Waals surface area contributed by atoms with Gasteiger partial charge in [-0.05, 0) is 0 Å². The standard InChI is InChI=1S/C12H7ClN2OSe/c13-9-4-1-5-10-11(9)12(16)15(17-10)8-3-2-6-14-7-8/h1-7H. The predicted octanol–water partition coefficient (Wildman–Crippen LogP) is 2.10. The summed E-state index contributed by atoms with van der Waals surface area (Å²) in [5.74, 6) is 0. The normalized spacial score (nSPS) is 10.9. The second-order valence-electron chi connectivity index (χ2n) is 3.52. The van der Waals surface area contributed by atoms with Crippen molar-refractivity contribution in [2.75, 3.05) is 0 Å². The van der Waals surface area contributed by atoms with Gasteiger partial charge in [-0.25, -0.2) is 0 Å². The number of nitrogens with zero attached hydrogens (tertiary/aromatic N) is 2. The average Bonchev–Trinajstić information content (AvgIpc) is 2.69. The van der Waals surface area contributed by atoms with E-state index in [1.54, 1.807) is 22.0 Å². The number of benzene rings is 1. The summed E-state index contributed by atoms with van der Waals surface area (Å²) in [5.41, 5.74) is 0.795. The summed E-state index contributed by atoms with van der Waals surface area (Å²) in [5, 5.41) is 1.17. The van der Waals surface area contributed by atoms with Crippen LogP contribution in [0.25, 0.3) is 15.3 Å². The van der Waals surface area contributed by atoms with Crippen LogP contribution in [0.3, 0.4) is 0 Å². The van der Waals surface area contributed by atoms with Crippen molar-refractivity contribution >= 4 is 36.0 Å². The van der Waals surface area contributed by atoms with E-state index in [0.29, 0.717) is 10.4 Å². The van der Waals surface area contributed by atoms with Crippen LogP contribution in [0.1, 0.15) is 0 Å². The maximum absolute atomic E-state index is 12.2. The SMILES string of the molecule is O=c1c2c(Cl)cccc2[se]n1-c1cccnc1. The summed E-state index contributed by atoms with van der Waals surface area (Å²) >= 11 is 6.01. The molecule has 0 N–H and O–H groups in total. The predicted molar refractivity (Wildman–Crippen MR) is 69.3 cm³/mol.